The molecule has 2 atom stereocenters. The maximum absolute atomic E-state index is 9.80. The number of benzene rings is 1. The molecule has 2 unspecified atom stereocenters. The van der Waals surface area contributed by atoms with Gasteiger partial charge >= 0.3 is 0 Å². The summed E-state index contributed by atoms with van der Waals surface area (Å²) in [4.78, 5) is 0. The zero-order valence-corrected chi connectivity index (χ0v) is 11.8. The molecule has 2 rings (SSSR count). The molecule has 4 nitrogen and oxygen atoms in total. The van der Waals surface area contributed by atoms with Crippen LogP contribution < -0.4 is 15.8 Å². The molecule has 1 saturated carbocycles. The molecule has 1 fully saturated rings. The predicted octanol–water partition coefficient (Wildman–Crippen LogP) is 2.63. The molecule has 4 heteroatoms. The zero-order valence-electron chi connectivity index (χ0n) is 11.8. The summed E-state index contributed by atoms with van der Waals surface area (Å²) in [6.45, 7) is 2.37. The molecule has 1 aromatic carbocycles. The molecule has 0 aliphatic heterocycles. The third-order valence-electron chi connectivity index (χ3n) is 4.08. The Morgan fingerprint density at radius 3 is 2.95 bits per heavy atom. The van der Waals surface area contributed by atoms with Crippen LogP contribution in [0.25, 0.3) is 0 Å². The van der Waals surface area contributed by atoms with Crippen LogP contribution in [-0.2, 0) is 0 Å². The average molecular weight is 264 g/mol. The molecular weight excluding hydrogens is 240 g/mol. The van der Waals surface area contributed by atoms with Gasteiger partial charge in [-0.25, -0.2) is 0 Å². The van der Waals surface area contributed by atoms with Crippen LogP contribution in [0.3, 0.4) is 0 Å². The highest BCUT2D eigenvalue weighted by Crippen LogP contribution is 2.38. The van der Waals surface area contributed by atoms with Crippen LogP contribution in [0, 0.1) is 5.92 Å². The number of hydrogen-bond donors (Lipinski definition) is 3. The van der Waals surface area contributed by atoms with Gasteiger partial charge in [0.05, 0.1) is 30.6 Å². The fourth-order valence-electron chi connectivity index (χ4n) is 3.07. The summed E-state index contributed by atoms with van der Waals surface area (Å²) in [5, 5.41) is 13.3. The Bertz CT molecular complexity index is 436. The largest absolute Gasteiger partial charge is 0.495 e. The smallest absolute Gasteiger partial charge is 0.143 e. The normalized spacial score (nSPS) is 27.0. The summed E-state index contributed by atoms with van der Waals surface area (Å²) in [6, 6.07) is 5.69. The van der Waals surface area contributed by atoms with Crippen molar-refractivity contribution in [2.24, 2.45) is 5.92 Å². The number of hydrogen-bond acceptors (Lipinski definition) is 4. The number of nitrogens with one attached hydrogen (secondary N) is 1. The second-order valence-corrected chi connectivity index (χ2v) is 5.69. The van der Waals surface area contributed by atoms with Gasteiger partial charge < -0.3 is 20.9 Å². The van der Waals surface area contributed by atoms with Crippen molar-refractivity contribution in [2.75, 3.05) is 24.8 Å². The number of methoxy groups -OCH3 is 1. The van der Waals surface area contributed by atoms with Gasteiger partial charge in [-0.1, -0.05) is 25.8 Å². The molecule has 1 aromatic rings. The van der Waals surface area contributed by atoms with Crippen molar-refractivity contribution >= 4 is 11.4 Å². The van der Waals surface area contributed by atoms with Crippen LogP contribution in [0.1, 0.15) is 32.6 Å². The van der Waals surface area contributed by atoms with Crippen LogP contribution in [-0.4, -0.2) is 24.4 Å². The van der Waals surface area contributed by atoms with E-state index < -0.39 is 0 Å². The van der Waals surface area contributed by atoms with Crippen molar-refractivity contribution in [3.05, 3.63) is 18.2 Å². The predicted molar refractivity (Wildman–Crippen MR) is 78.5 cm³/mol. The van der Waals surface area contributed by atoms with E-state index in [0.717, 1.165) is 24.9 Å². The molecule has 0 aromatic heterocycles. The van der Waals surface area contributed by atoms with E-state index in [1.807, 2.05) is 18.2 Å². The first-order chi connectivity index (χ1) is 9.10. The van der Waals surface area contributed by atoms with Gasteiger partial charge in [-0.15, -0.1) is 0 Å². The molecule has 106 valence electrons. The second-order valence-electron chi connectivity index (χ2n) is 5.69. The van der Waals surface area contributed by atoms with Crippen LogP contribution in [0.15, 0.2) is 18.2 Å². The number of nitrogens with two attached hydrogens (primary N) is 1. The first-order valence-electron chi connectivity index (χ1n) is 6.92. The Morgan fingerprint density at radius 1 is 1.53 bits per heavy atom. The lowest BCUT2D eigenvalue weighted by Gasteiger charge is -2.40. The highest BCUT2D eigenvalue weighted by Gasteiger charge is 2.34. The summed E-state index contributed by atoms with van der Waals surface area (Å²) >= 11 is 0. The molecule has 0 amide bonds. The Balaban J connectivity index is 2.23. The molecule has 0 saturated heterocycles. The lowest BCUT2D eigenvalue weighted by Crippen LogP contribution is -2.46. The number of anilines is 2. The minimum absolute atomic E-state index is 0.133. The SMILES string of the molecule is COc1cccc(NC2(CO)CCCC(C)C2)c1N. The van der Waals surface area contributed by atoms with E-state index >= 15 is 0 Å². The highest BCUT2D eigenvalue weighted by molar-refractivity contribution is 5.73. The minimum Gasteiger partial charge on any atom is -0.495 e. The van der Waals surface area contributed by atoms with E-state index in [1.54, 1.807) is 7.11 Å². The lowest BCUT2D eigenvalue weighted by atomic mass is 9.76. The zero-order chi connectivity index (χ0) is 13.9. The van der Waals surface area contributed by atoms with E-state index in [2.05, 4.69) is 12.2 Å². The van der Waals surface area contributed by atoms with Crippen LogP contribution in [0.5, 0.6) is 5.75 Å². The minimum atomic E-state index is -0.252. The number of aliphatic hydroxyl groups excluding tert-OH is 1. The molecule has 19 heavy (non-hydrogen) atoms. The van der Waals surface area contributed by atoms with E-state index in [4.69, 9.17) is 10.5 Å². The van der Waals surface area contributed by atoms with E-state index in [9.17, 15) is 5.11 Å². The number of rotatable bonds is 4. The van der Waals surface area contributed by atoms with Crippen molar-refractivity contribution in [1.82, 2.24) is 0 Å². The molecule has 0 radical (unpaired) electrons. The maximum atomic E-state index is 9.80. The van der Waals surface area contributed by atoms with Gasteiger partial charge in [0, 0.05) is 0 Å². The van der Waals surface area contributed by atoms with Gasteiger partial charge in [0.25, 0.3) is 0 Å². The number of nitrogen functional groups attached to an aromatic ring is 1. The third kappa shape index (κ3) is 2.95. The van der Waals surface area contributed by atoms with E-state index in [1.165, 1.54) is 6.42 Å². The lowest BCUT2D eigenvalue weighted by molar-refractivity contribution is 0.149. The topological polar surface area (TPSA) is 67.5 Å². The quantitative estimate of drug-likeness (QED) is 0.731. The summed E-state index contributed by atoms with van der Waals surface area (Å²) in [7, 11) is 1.61. The molecule has 0 spiro atoms. The molecule has 4 N–H and O–H groups in total. The van der Waals surface area contributed by atoms with E-state index in [0.29, 0.717) is 17.4 Å². The Hall–Kier alpha value is -1.42. The fourth-order valence-corrected chi connectivity index (χ4v) is 3.07. The molecule has 1 aliphatic rings. The van der Waals surface area contributed by atoms with Crippen LogP contribution in [0.2, 0.25) is 0 Å². The fraction of sp³-hybridized carbons (Fsp3) is 0.600. The summed E-state index contributed by atoms with van der Waals surface area (Å²) < 4.78 is 5.23. The Labute approximate surface area is 115 Å². The van der Waals surface area contributed by atoms with Crippen LogP contribution in [0.4, 0.5) is 11.4 Å². The number of ether oxygens (including phenoxy) is 1. The van der Waals surface area contributed by atoms with E-state index in [-0.39, 0.29) is 12.1 Å². The summed E-state index contributed by atoms with van der Waals surface area (Å²) in [6.07, 6.45) is 4.32. The molecule has 0 bridgehead atoms. The van der Waals surface area contributed by atoms with Crippen LogP contribution >= 0.6 is 0 Å². The van der Waals surface area contributed by atoms with Gasteiger partial charge in [-0.05, 0) is 30.9 Å². The van der Waals surface area contributed by atoms with Crippen molar-refractivity contribution in [3.63, 3.8) is 0 Å². The Morgan fingerprint density at radius 2 is 2.32 bits per heavy atom. The van der Waals surface area contributed by atoms with Gasteiger partial charge in [0.2, 0.25) is 0 Å². The standard InChI is InChI=1S/C15H24N2O2/c1-11-5-4-8-15(9-11,10-18)17-12-6-3-7-13(19-2)14(12)16/h3,6-7,11,17-18H,4-5,8-10,16H2,1-2H3. The number of para-hydroxylation sites is 1. The molecule has 0 heterocycles. The van der Waals surface area contributed by atoms with Crippen molar-refractivity contribution in [1.29, 1.82) is 0 Å². The van der Waals surface area contributed by atoms with Gasteiger partial charge in [-0.2, -0.15) is 0 Å². The van der Waals surface area contributed by atoms with Gasteiger partial charge in [0.1, 0.15) is 5.75 Å². The first-order valence-corrected chi connectivity index (χ1v) is 6.92. The third-order valence-corrected chi connectivity index (χ3v) is 4.08. The molecule has 1 aliphatic carbocycles. The summed E-state index contributed by atoms with van der Waals surface area (Å²) in [5.74, 6) is 1.29. The summed E-state index contributed by atoms with van der Waals surface area (Å²) in [5.41, 5.74) is 7.30. The first kappa shape index (κ1) is 14.0. The van der Waals surface area contributed by atoms with Crippen molar-refractivity contribution < 1.29 is 9.84 Å². The maximum Gasteiger partial charge on any atom is 0.143 e. The monoisotopic (exact) mass is 264 g/mol. The van der Waals surface area contributed by atoms with Crippen molar-refractivity contribution in [3.8, 4) is 5.75 Å². The van der Waals surface area contributed by atoms with Crippen molar-refractivity contribution in [2.45, 2.75) is 38.1 Å². The Kier molecular flexibility index (Phi) is 4.20. The number of aliphatic hydroxyl groups is 1. The van der Waals surface area contributed by atoms with Gasteiger partial charge in [-0.3, -0.25) is 0 Å². The second kappa shape index (κ2) is 5.70. The van der Waals surface area contributed by atoms with Gasteiger partial charge in [0.15, 0.2) is 0 Å². The average Bonchev–Trinajstić information content (AvgIpc) is 2.41. The molecular formula is C15H24N2O2. The highest BCUT2D eigenvalue weighted by atomic mass is 16.5.